The highest BCUT2D eigenvalue weighted by Crippen LogP contribution is 2.41. The van der Waals surface area contributed by atoms with E-state index in [9.17, 15) is 15.2 Å². The molecule has 0 heterocycles. The van der Waals surface area contributed by atoms with E-state index in [1.165, 1.54) is 6.07 Å². The molecule has 0 amide bonds. The summed E-state index contributed by atoms with van der Waals surface area (Å²) in [6.07, 6.45) is 2.35. The molecule has 1 aliphatic rings. The van der Waals surface area contributed by atoms with Gasteiger partial charge in [0, 0.05) is 11.6 Å². The zero-order chi connectivity index (χ0) is 10.3. The van der Waals surface area contributed by atoms with E-state index >= 15 is 0 Å². The number of phenolic OH excluding ortho intramolecular Hbond substituents is 1. The van der Waals surface area contributed by atoms with Gasteiger partial charge >= 0.3 is 5.69 Å². The fourth-order valence-electron chi connectivity index (χ4n) is 1.84. The van der Waals surface area contributed by atoms with Crippen molar-refractivity contribution < 1.29 is 10.0 Å². The SMILES string of the molecule is O=[N+]([O-])c1cc(Cl)c2c(c1O)CCC2. The number of hydrogen-bond acceptors (Lipinski definition) is 3. The van der Waals surface area contributed by atoms with Gasteiger partial charge in [-0.1, -0.05) is 11.6 Å². The van der Waals surface area contributed by atoms with Crippen LogP contribution in [0.2, 0.25) is 5.02 Å². The lowest BCUT2D eigenvalue weighted by Crippen LogP contribution is -1.93. The number of nitro groups is 1. The molecule has 0 saturated heterocycles. The van der Waals surface area contributed by atoms with Crippen molar-refractivity contribution in [1.82, 2.24) is 0 Å². The summed E-state index contributed by atoms with van der Waals surface area (Å²) in [7, 11) is 0. The zero-order valence-corrected chi connectivity index (χ0v) is 8.04. The third kappa shape index (κ3) is 1.23. The van der Waals surface area contributed by atoms with E-state index in [1.807, 2.05) is 0 Å². The number of nitrogens with zero attached hydrogens (tertiary/aromatic N) is 1. The average molecular weight is 214 g/mol. The van der Waals surface area contributed by atoms with Gasteiger partial charge in [-0.25, -0.2) is 0 Å². The molecule has 14 heavy (non-hydrogen) atoms. The van der Waals surface area contributed by atoms with Crippen LogP contribution in [0.25, 0.3) is 0 Å². The third-order valence-corrected chi connectivity index (χ3v) is 2.83. The molecular weight excluding hydrogens is 206 g/mol. The van der Waals surface area contributed by atoms with E-state index in [4.69, 9.17) is 11.6 Å². The number of benzene rings is 1. The normalized spacial score (nSPS) is 14.1. The van der Waals surface area contributed by atoms with Crippen LogP contribution in [0.5, 0.6) is 5.75 Å². The van der Waals surface area contributed by atoms with Crippen LogP contribution in [0.15, 0.2) is 6.07 Å². The Hall–Kier alpha value is -1.29. The lowest BCUT2D eigenvalue weighted by atomic mass is 10.1. The van der Waals surface area contributed by atoms with Crippen LogP contribution in [0.3, 0.4) is 0 Å². The Kier molecular flexibility index (Phi) is 2.07. The number of phenols is 1. The van der Waals surface area contributed by atoms with Crippen molar-refractivity contribution in [3.63, 3.8) is 0 Å². The van der Waals surface area contributed by atoms with Gasteiger partial charge in [0.25, 0.3) is 0 Å². The van der Waals surface area contributed by atoms with Gasteiger partial charge < -0.3 is 5.11 Å². The van der Waals surface area contributed by atoms with Crippen LogP contribution in [0.1, 0.15) is 17.5 Å². The predicted molar refractivity (Wildman–Crippen MR) is 51.8 cm³/mol. The first-order chi connectivity index (χ1) is 6.61. The van der Waals surface area contributed by atoms with E-state index in [0.717, 1.165) is 18.4 Å². The van der Waals surface area contributed by atoms with Crippen LogP contribution in [0.4, 0.5) is 5.69 Å². The van der Waals surface area contributed by atoms with Gasteiger partial charge in [0.15, 0.2) is 5.75 Å². The molecule has 74 valence electrons. The number of hydrogen-bond donors (Lipinski definition) is 1. The summed E-state index contributed by atoms with van der Waals surface area (Å²) in [4.78, 5) is 9.95. The molecule has 1 aliphatic carbocycles. The summed E-state index contributed by atoms with van der Waals surface area (Å²) in [5, 5.41) is 20.6. The Morgan fingerprint density at radius 2 is 2.07 bits per heavy atom. The van der Waals surface area contributed by atoms with E-state index < -0.39 is 4.92 Å². The molecule has 0 bridgehead atoms. The van der Waals surface area contributed by atoms with E-state index in [1.54, 1.807) is 0 Å². The van der Waals surface area contributed by atoms with Crippen LogP contribution < -0.4 is 0 Å². The molecule has 4 nitrogen and oxygen atoms in total. The first-order valence-corrected chi connectivity index (χ1v) is 4.66. The molecule has 0 aromatic heterocycles. The van der Waals surface area contributed by atoms with Crippen molar-refractivity contribution in [3.8, 4) is 5.75 Å². The van der Waals surface area contributed by atoms with Gasteiger partial charge in [0.1, 0.15) is 0 Å². The Balaban J connectivity index is 2.68. The molecular formula is C9H8ClNO3. The second-order valence-corrected chi connectivity index (χ2v) is 3.70. The molecule has 1 aromatic carbocycles. The quantitative estimate of drug-likeness (QED) is 0.576. The Bertz CT molecular complexity index is 417. The predicted octanol–water partition coefficient (Wildman–Crippen LogP) is 2.44. The van der Waals surface area contributed by atoms with Gasteiger partial charge in [0.2, 0.25) is 0 Å². The first kappa shape index (κ1) is 9.27. The van der Waals surface area contributed by atoms with Gasteiger partial charge in [-0.05, 0) is 24.8 Å². The summed E-state index contributed by atoms with van der Waals surface area (Å²) in [6, 6.07) is 1.22. The Morgan fingerprint density at radius 3 is 2.71 bits per heavy atom. The summed E-state index contributed by atoms with van der Waals surface area (Å²) in [5.74, 6) is -0.216. The van der Waals surface area contributed by atoms with Crippen LogP contribution in [-0.4, -0.2) is 10.0 Å². The second kappa shape index (κ2) is 3.13. The zero-order valence-electron chi connectivity index (χ0n) is 7.29. The molecule has 0 fully saturated rings. The summed E-state index contributed by atoms with van der Waals surface area (Å²) < 4.78 is 0. The lowest BCUT2D eigenvalue weighted by Gasteiger charge is -2.05. The number of halogens is 1. The van der Waals surface area contributed by atoms with E-state index in [2.05, 4.69) is 0 Å². The van der Waals surface area contributed by atoms with E-state index in [0.29, 0.717) is 17.0 Å². The molecule has 0 aliphatic heterocycles. The molecule has 2 rings (SSSR count). The number of rotatable bonds is 1. The molecule has 0 radical (unpaired) electrons. The molecule has 5 heteroatoms. The minimum Gasteiger partial charge on any atom is -0.502 e. The molecule has 0 atom stereocenters. The maximum Gasteiger partial charge on any atom is 0.312 e. The highest BCUT2D eigenvalue weighted by molar-refractivity contribution is 6.31. The summed E-state index contributed by atoms with van der Waals surface area (Å²) in [5.41, 5.74) is 1.20. The standard InChI is InChI=1S/C9H8ClNO3/c10-7-4-8(11(13)14)9(12)6-3-1-2-5(6)7/h4,12H,1-3H2. The number of fused-ring (bicyclic) bond motifs is 1. The van der Waals surface area contributed by atoms with Crippen LogP contribution >= 0.6 is 11.6 Å². The second-order valence-electron chi connectivity index (χ2n) is 3.29. The smallest absolute Gasteiger partial charge is 0.312 e. The van der Waals surface area contributed by atoms with Crippen LogP contribution in [0, 0.1) is 10.1 Å². The fraction of sp³-hybridized carbons (Fsp3) is 0.333. The molecule has 1 aromatic rings. The van der Waals surface area contributed by atoms with Gasteiger partial charge in [-0.15, -0.1) is 0 Å². The summed E-state index contributed by atoms with van der Waals surface area (Å²) >= 11 is 5.88. The number of nitro benzene ring substituents is 1. The number of aromatic hydroxyl groups is 1. The van der Waals surface area contributed by atoms with Crippen molar-refractivity contribution in [2.24, 2.45) is 0 Å². The Labute approximate surface area is 85.3 Å². The highest BCUT2D eigenvalue weighted by Gasteiger charge is 2.26. The Morgan fingerprint density at radius 1 is 1.43 bits per heavy atom. The molecule has 0 saturated carbocycles. The van der Waals surface area contributed by atoms with Gasteiger partial charge in [0.05, 0.1) is 9.95 Å². The fourth-order valence-corrected chi connectivity index (χ4v) is 2.15. The minimum atomic E-state index is -0.611. The van der Waals surface area contributed by atoms with Crippen molar-refractivity contribution in [2.45, 2.75) is 19.3 Å². The van der Waals surface area contributed by atoms with E-state index in [-0.39, 0.29) is 11.4 Å². The maximum absolute atomic E-state index is 10.6. The lowest BCUT2D eigenvalue weighted by molar-refractivity contribution is -0.385. The highest BCUT2D eigenvalue weighted by atomic mass is 35.5. The minimum absolute atomic E-state index is 0.216. The molecule has 0 spiro atoms. The monoisotopic (exact) mass is 213 g/mol. The topological polar surface area (TPSA) is 63.4 Å². The van der Waals surface area contributed by atoms with Gasteiger partial charge in [-0.2, -0.15) is 0 Å². The van der Waals surface area contributed by atoms with Gasteiger partial charge in [-0.3, -0.25) is 10.1 Å². The van der Waals surface area contributed by atoms with Crippen molar-refractivity contribution in [2.75, 3.05) is 0 Å². The molecule has 1 N–H and O–H groups in total. The van der Waals surface area contributed by atoms with Crippen molar-refractivity contribution in [3.05, 3.63) is 32.3 Å². The maximum atomic E-state index is 10.6. The molecule has 0 unspecified atom stereocenters. The third-order valence-electron chi connectivity index (χ3n) is 2.49. The van der Waals surface area contributed by atoms with Crippen LogP contribution in [-0.2, 0) is 12.8 Å². The average Bonchev–Trinajstić information content (AvgIpc) is 2.59. The van der Waals surface area contributed by atoms with Crippen molar-refractivity contribution in [1.29, 1.82) is 0 Å². The van der Waals surface area contributed by atoms with Crippen molar-refractivity contribution >= 4 is 17.3 Å². The summed E-state index contributed by atoms with van der Waals surface area (Å²) in [6.45, 7) is 0. The first-order valence-electron chi connectivity index (χ1n) is 4.29. The largest absolute Gasteiger partial charge is 0.502 e.